The highest BCUT2D eigenvalue weighted by Crippen LogP contribution is 2.37. The molecule has 1 heterocycles. The molecule has 1 aliphatic carbocycles. The van der Waals surface area contributed by atoms with Gasteiger partial charge in [0.25, 0.3) is 0 Å². The summed E-state index contributed by atoms with van der Waals surface area (Å²) in [6.07, 6.45) is 12.8. The van der Waals surface area contributed by atoms with Crippen LogP contribution in [0.1, 0.15) is 88.0 Å². The number of ether oxygens (including phenoxy) is 1. The first kappa shape index (κ1) is 20.5. The van der Waals surface area contributed by atoms with Crippen molar-refractivity contribution in [2.24, 2.45) is 5.92 Å². The van der Waals surface area contributed by atoms with Crippen LogP contribution >= 0.6 is 0 Å². The van der Waals surface area contributed by atoms with E-state index in [4.69, 9.17) is 4.74 Å². The predicted molar refractivity (Wildman–Crippen MR) is 117 cm³/mol. The van der Waals surface area contributed by atoms with E-state index in [1.165, 1.54) is 56.9 Å². The highest BCUT2D eigenvalue weighted by molar-refractivity contribution is 5.42. The summed E-state index contributed by atoms with van der Waals surface area (Å²) in [6, 6.07) is 12.7. The monoisotopic (exact) mass is 375 g/mol. The van der Waals surface area contributed by atoms with Crippen LogP contribution in [-0.4, -0.2) is 11.6 Å². The molecule has 148 valence electrons. The molecule has 0 amide bonds. The number of hydrogen-bond donors (Lipinski definition) is 0. The second kappa shape index (κ2) is 10.9. The maximum Gasteiger partial charge on any atom is 0.137 e. The molecule has 0 unspecified atom stereocenters. The molecule has 28 heavy (non-hydrogen) atoms. The van der Waals surface area contributed by atoms with Gasteiger partial charge in [-0.1, -0.05) is 50.7 Å². The minimum absolute atomic E-state index is 0.652. The summed E-state index contributed by atoms with van der Waals surface area (Å²) >= 11 is 0. The molecule has 0 radical (unpaired) electrons. The topological polar surface area (TPSA) is 22.1 Å². The van der Waals surface area contributed by atoms with Crippen LogP contribution in [0, 0.1) is 17.8 Å². The Bertz CT molecular complexity index is 759. The number of aromatic nitrogens is 1. The van der Waals surface area contributed by atoms with Crippen molar-refractivity contribution in [1.29, 1.82) is 0 Å². The summed E-state index contributed by atoms with van der Waals surface area (Å²) in [4.78, 5) is 4.34. The lowest BCUT2D eigenvalue weighted by Crippen LogP contribution is -2.13. The number of nitrogens with zero attached hydrogens (tertiary/aromatic N) is 1. The van der Waals surface area contributed by atoms with Crippen LogP contribution in [0.3, 0.4) is 0 Å². The molecule has 3 rings (SSSR count). The van der Waals surface area contributed by atoms with Crippen LogP contribution in [0.15, 0.2) is 42.6 Å². The van der Waals surface area contributed by atoms with Crippen LogP contribution in [0.25, 0.3) is 0 Å². The van der Waals surface area contributed by atoms with Crippen LogP contribution in [0.5, 0.6) is 5.75 Å². The third kappa shape index (κ3) is 6.13. The maximum absolute atomic E-state index is 5.41. The van der Waals surface area contributed by atoms with Crippen molar-refractivity contribution in [3.8, 4) is 17.6 Å². The Kier molecular flexibility index (Phi) is 7.97. The lowest BCUT2D eigenvalue weighted by Gasteiger charge is -2.29. The van der Waals surface area contributed by atoms with E-state index in [0.29, 0.717) is 6.61 Å². The van der Waals surface area contributed by atoms with Crippen molar-refractivity contribution < 1.29 is 4.74 Å². The van der Waals surface area contributed by atoms with E-state index in [-0.39, 0.29) is 0 Å². The molecule has 1 aromatic carbocycles. The fourth-order valence-corrected chi connectivity index (χ4v) is 4.15. The number of rotatable bonds is 7. The number of benzene rings is 1. The van der Waals surface area contributed by atoms with E-state index >= 15 is 0 Å². The van der Waals surface area contributed by atoms with Gasteiger partial charge in [-0.3, -0.25) is 0 Å². The molecule has 0 bridgehead atoms. The summed E-state index contributed by atoms with van der Waals surface area (Å²) in [5.74, 6) is 8.86. The molecule has 2 heteroatoms. The Morgan fingerprint density at radius 2 is 1.71 bits per heavy atom. The van der Waals surface area contributed by atoms with Gasteiger partial charge >= 0.3 is 0 Å². The van der Waals surface area contributed by atoms with Gasteiger partial charge in [0.15, 0.2) is 0 Å². The van der Waals surface area contributed by atoms with Crippen LogP contribution < -0.4 is 4.74 Å². The van der Waals surface area contributed by atoms with Crippen LogP contribution in [-0.2, 0) is 0 Å². The lowest BCUT2D eigenvalue weighted by atomic mass is 9.77. The van der Waals surface area contributed by atoms with Gasteiger partial charge in [0.05, 0.1) is 12.8 Å². The van der Waals surface area contributed by atoms with Gasteiger partial charge in [-0.05, 0) is 80.2 Å². The molecular weight excluding hydrogens is 342 g/mol. The fraction of sp³-hybridized carbons (Fsp3) is 0.500. The van der Waals surface area contributed by atoms with E-state index in [1.807, 2.05) is 19.1 Å². The Balaban J connectivity index is 1.52. The van der Waals surface area contributed by atoms with Gasteiger partial charge in [-0.15, -0.1) is 0 Å². The van der Waals surface area contributed by atoms with Crippen LogP contribution in [0.2, 0.25) is 0 Å². The first-order valence-electron chi connectivity index (χ1n) is 11.0. The average molecular weight is 376 g/mol. The number of pyridine rings is 1. The molecule has 0 atom stereocenters. The third-order valence-electron chi connectivity index (χ3n) is 5.83. The Morgan fingerprint density at radius 1 is 0.929 bits per heavy atom. The zero-order chi connectivity index (χ0) is 19.6. The molecule has 0 aliphatic heterocycles. The smallest absolute Gasteiger partial charge is 0.137 e. The van der Waals surface area contributed by atoms with Crippen molar-refractivity contribution in [1.82, 2.24) is 4.98 Å². The first-order valence-corrected chi connectivity index (χ1v) is 11.0. The van der Waals surface area contributed by atoms with Gasteiger partial charge in [0, 0.05) is 5.56 Å². The zero-order valence-electron chi connectivity index (χ0n) is 17.4. The highest BCUT2D eigenvalue weighted by Gasteiger charge is 2.21. The van der Waals surface area contributed by atoms with Gasteiger partial charge in [-0.2, -0.15) is 0 Å². The predicted octanol–water partition coefficient (Wildman–Crippen LogP) is 6.73. The van der Waals surface area contributed by atoms with E-state index in [0.717, 1.165) is 28.8 Å². The molecule has 1 saturated carbocycles. The Labute approximate surface area is 170 Å². The Hall–Kier alpha value is -2.27. The summed E-state index contributed by atoms with van der Waals surface area (Å²) < 4.78 is 5.41. The molecule has 1 fully saturated rings. The standard InChI is InChI=1S/C26H33NO/c1-3-5-6-7-21-8-13-23(14-9-21)24-15-10-22(11-16-24)12-17-25-18-19-26(20-27-25)28-4-2/h10-11,15-16,18-21,23H,3-9,13-14H2,1-2H3/t21-,23-. The van der Waals surface area contributed by atoms with E-state index < -0.39 is 0 Å². The number of hydrogen-bond acceptors (Lipinski definition) is 2. The molecule has 1 aromatic heterocycles. The van der Waals surface area contributed by atoms with Crippen molar-refractivity contribution in [3.05, 3.63) is 59.4 Å². The second-order valence-corrected chi connectivity index (χ2v) is 7.90. The summed E-state index contributed by atoms with van der Waals surface area (Å²) in [5, 5.41) is 0. The minimum Gasteiger partial charge on any atom is -0.492 e. The molecule has 0 spiro atoms. The van der Waals surface area contributed by atoms with Crippen molar-refractivity contribution in [3.63, 3.8) is 0 Å². The largest absolute Gasteiger partial charge is 0.492 e. The van der Waals surface area contributed by atoms with Gasteiger partial charge < -0.3 is 4.74 Å². The van der Waals surface area contributed by atoms with Crippen LogP contribution in [0.4, 0.5) is 0 Å². The molecule has 0 saturated heterocycles. The van der Waals surface area contributed by atoms with Gasteiger partial charge in [0.1, 0.15) is 11.4 Å². The van der Waals surface area contributed by atoms with Gasteiger partial charge in [0.2, 0.25) is 0 Å². The molecular formula is C26H33NO. The molecule has 1 aliphatic rings. The normalized spacial score (nSPS) is 18.9. The van der Waals surface area contributed by atoms with Crippen molar-refractivity contribution in [2.45, 2.75) is 71.1 Å². The fourth-order valence-electron chi connectivity index (χ4n) is 4.15. The minimum atomic E-state index is 0.652. The van der Waals surface area contributed by atoms with E-state index in [9.17, 15) is 0 Å². The Morgan fingerprint density at radius 3 is 2.36 bits per heavy atom. The van der Waals surface area contributed by atoms with Crippen molar-refractivity contribution in [2.75, 3.05) is 6.61 Å². The number of unbranched alkanes of at least 4 members (excludes halogenated alkanes) is 2. The van der Waals surface area contributed by atoms with E-state index in [1.54, 1.807) is 6.20 Å². The van der Waals surface area contributed by atoms with Gasteiger partial charge in [-0.25, -0.2) is 4.98 Å². The second-order valence-electron chi connectivity index (χ2n) is 7.90. The summed E-state index contributed by atoms with van der Waals surface area (Å²) in [6.45, 7) is 4.91. The SMILES string of the molecule is CCCCC[C@H]1CC[C@H](c2ccc(C#Cc3ccc(OCC)cn3)cc2)CC1. The first-order chi connectivity index (χ1) is 13.8. The summed E-state index contributed by atoms with van der Waals surface area (Å²) in [5.41, 5.74) is 3.30. The molecule has 0 N–H and O–H groups in total. The molecule has 2 aromatic rings. The molecule has 2 nitrogen and oxygen atoms in total. The van der Waals surface area contributed by atoms with E-state index in [2.05, 4.69) is 48.0 Å². The summed E-state index contributed by atoms with van der Waals surface area (Å²) in [7, 11) is 0. The highest BCUT2D eigenvalue weighted by atomic mass is 16.5. The zero-order valence-corrected chi connectivity index (χ0v) is 17.4. The van der Waals surface area contributed by atoms with Crippen molar-refractivity contribution >= 4 is 0 Å². The quantitative estimate of drug-likeness (QED) is 0.395. The third-order valence-corrected chi connectivity index (χ3v) is 5.83. The lowest BCUT2D eigenvalue weighted by molar-refractivity contribution is 0.303. The maximum atomic E-state index is 5.41. The average Bonchev–Trinajstić information content (AvgIpc) is 2.75.